The fraction of sp³-hybridized carbons (Fsp3) is 0.556. The second kappa shape index (κ2) is 8.84. The van der Waals surface area contributed by atoms with Crippen LogP contribution in [-0.4, -0.2) is 31.1 Å². The molecule has 0 radical (unpaired) electrons. The van der Waals surface area contributed by atoms with Gasteiger partial charge in [-0.25, -0.2) is 0 Å². The van der Waals surface area contributed by atoms with Gasteiger partial charge >= 0.3 is 0 Å². The number of nitrogens with one attached hydrogen (secondary N) is 1. The summed E-state index contributed by atoms with van der Waals surface area (Å²) in [7, 11) is 1.92. The quantitative estimate of drug-likeness (QED) is 0.616. The van der Waals surface area contributed by atoms with E-state index in [0.717, 1.165) is 12.3 Å². The minimum atomic E-state index is 0.238. The van der Waals surface area contributed by atoms with Crippen molar-refractivity contribution in [3.8, 4) is 0 Å². The van der Waals surface area contributed by atoms with Crippen LogP contribution in [0, 0.1) is 0 Å². The first-order valence-electron chi connectivity index (χ1n) is 4.05. The molecule has 2 N–H and O–H groups in total. The predicted molar refractivity (Wildman–Crippen MR) is 56.4 cm³/mol. The molecule has 2 nitrogen and oxygen atoms in total. The number of hydrogen-bond acceptors (Lipinski definition) is 3. The zero-order valence-electron chi connectivity index (χ0n) is 7.71. The molecule has 0 fully saturated rings. The molecule has 0 aliphatic heterocycles. The molecular weight excluding hydrogens is 170 g/mol. The van der Waals surface area contributed by atoms with Crippen LogP contribution < -0.4 is 5.32 Å². The topological polar surface area (TPSA) is 32.3 Å². The Morgan fingerprint density at radius 2 is 2.33 bits per heavy atom. The molecule has 0 atom stereocenters. The van der Waals surface area contributed by atoms with Crippen LogP contribution in [0.25, 0.3) is 0 Å². The lowest BCUT2D eigenvalue weighted by Crippen LogP contribution is -2.09. The van der Waals surface area contributed by atoms with Gasteiger partial charge in [-0.15, -0.1) is 11.8 Å². The van der Waals surface area contributed by atoms with Crippen LogP contribution in [0.5, 0.6) is 0 Å². The number of aliphatic hydroxyl groups is 1. The van der Waals surface area contributed by atoms with Gasteiger partial charge in [-0.1, -0.05) is 18.2 Å². The van der Waals surface area contributed by atoms with E-state index in [9.17, 15) is 0 Å². The third-order valence-corrected chi connectivity index (χ3v) is 2.24. The summed E-state index contributed by atoms with van der Waals surface area (Å²) in [4.78, 5) is 1.25. The number of aliphatic hydroxyl groups excluding tert-OH is 1. The van der Waals surface area contributed by atoms with Crippen molar-refractivity contribution < 1.29 is 5.11 Å². The van der Waals surface area contributed by atoms with Crippen LogP contribution in [0.15, 0.2) is 23.1 Å². The van der Waals surface area contributed by atoms with Crippen molar-refractivity contribution >= 4 is 11.8 Å². The van der Waals surface area contributed by atoms with E-state index in [4.69, 9.17) is 5.11 Å². The molecular formula is C9H17NOS. The summed E-state index contributed by atoms with van der Waals surface area (Å²) in [6.45, 7) is 3.10. The van der Waals surface area contributed by atoms with Gasteiger partial charge in [-0.05, 0) is 18.9 Å². The fourth-order valence-electron chi connectivity index (χ4n) is 0.713. The highest BCUT2D eigenvalue weighted by Gasteiger charge is 1.93. The molecule has 70 valence electrons. The molecule has 12 heavy (non-hydrogen) atoms. The Kier molecular flexibility index (Phi) is 8.66. The lowest BCUT2D eigenvalue weighted by atomic mass is 10.4. The SMILES string of the molecule is C/C=C\C=C(/CNC)SCCO. The van der Waals surface area contributed by atoms with Crippen molar-refractivity contribution in [2.75, 3.05) is 26.0 Å². The van der Waals surface area contributed by atoms with E-state index >= 15 is 0 Å². The van der Waals surface area contributed by atoms with Gasteiger partial charge in [-0.2, -0.15) is 0 Å². The first kappa shape index (κ1) is 11.8. The van der Waals surface area contributed by atoms with Crippen LogP contribution in [0.3, 0.4) is 0 Å². The van der Waals surface area contributed by atoms with Crippen LogP contribution in [0.2, 0.25) is 0 Å². The maximum Gasteiger partial charge on any atom is 0.0525 e. The standard InChI is InChI=1S/C9H17NOS/c1-3-4-5-9(8-10-2)12-7-6-11/h3-5,10-11H,6-8H2,1-2H3/b4-3-,9-5+. The summed E-state index contributed by atoms with van der Waals surface area (Å²) < 4.78 is 0. The molecule has 0 aromatic heterocycles. The molecule has 0 aromatic carbocycles. The van der Waals surface area contributed by atoms with Crippen molar-refractivity contribution in [2.24, 2.45) is 0 Å². The zero-order valence-corrected chi connectivity index (χ0v) is 8.53. The van der Waals surface area contributed by atoms with Gasteiger partial charge in [0.1, 0.15) is 0 Å². The highest BCUT2D eigenvalue weighted by molar-refractivity contribution is 8.03. The van der Waals surface area contributed by atoms with Crippen LogP contribution >= 0.6 is 11.8 Å². The number of hydrogen-bond donors (Lipinski definition) is 2. The number of likely N-dealkylation sites (N-methyl/N-ethyl adjacent to an activating group) is 1. The van der Waals surface area contributed by atoms with E-state index in [2.05, 4.69) is 11.4 Å². The van der Waals surface area contributed by atoms with Gasteiger partial charge in [0, 0.05) is 12.3 Å². The minimum Gasteiger partial charge on any atom is -0.396 e. The molecule has 0 unspecified atom stereocenters. The minimum absolute atomic E-state index is 0.238. The summed E-state index contributed by atoms with van der Waals surface area (Å²) in [5.74, 6) is 0.769. The van der Waals surface area contributed by atoms with Gasteiger partial charge in [0.05, 0.1) is 6.61 Å². The normalized spacial score (nSPS) is 12.8. The molecule has 0 aliphatic carbocycles. The summed E-state index contributed by atoms with van der Waals surface area (Å²) in [6.07, 6.45) is 6.07. The largest absolute Gasteiger partial charge is 0.396 e. The molecule has 0 bridgehead atoms. The van der Waals surface area contributed by atoms with Crippen molar-refractivity contribution in [3.63, 3.8) is 0 Å². The fourth-order valence-corrected chi connectivity index (χ4v) is 1.49. The van der Waals surface area contributed by atoms with Crippen molar-refractivity contribution in [3.05, 3.63) is 23.1 Å². The molecule has 3 heteroatoms. The first-order chi connectivity index (χ1) is 5.85. The average Bonchev–Trinajstić information content (AvgIpc) is 2.10. The molecule has 0 rings (SSSR count). The molecule has 0 aliphatic rings. The van der Waals surface area contributed by atoms with Crippen LogP contribution in [0.1, 0.15) is 6.92 Å². The highest BCUT2D eigenvalue weighted by atomic mass is 32.2. The Morgan fingerprint density at radius 1 is 1.58 bits per heavy atom. The Bertz CT molecular complexity index is 155. The van der Waals surface area contributed by atoms with E-state index in [0.29, 0.717) is 0 Å². The number of thioether (sulfide) groups is 1. The van der Waals surface area contributed by atoms with Gasteiger partial charge < -0.3 is 10.4 Å². The van der Waals surface area contributed by atoms with E-state index < -0.39 is 0 Å². The molecule has 0 spiro atoms. The summed E-state index contributed by atoms with van der Waals surface area (Å²) in [6, 6.07) is 0. The second-order valence-electron chi connectivity index (χ2n) is 2.26. The summed E-state index contributed by atoms with van der Waals surface area (Å²) in [5, 5.41) is 11.7. The third kappa shape index (κ3) is 6.46. The van der Waals surface area contributed by atoms with E-state index in [1.807, 2.05) is 26.1 Å². The van der Waals surface area contributed by atoms with Gasteiger partial charge in [0.25, 0.3) is 0 Å². The Labute approximate surface area is 78.7 Å². The Balaban J connectivity index is 3.84. The third-order valence-electron chi connectivity index (χ3n) is 1.20. The highest BCUT2D eigenvalue weighted by Crippen LogP contribution is 2.13. The van der Waals surface area contributed by atoms with Crippen molar-refractivity contribution in [1.29, 1.82) is 0 Å². The smallest absolute Gasteiger partial charge is 0.0525 e. The average molecular weight is 187 g/mol. The maximum absolute atomic E-state index is 8.62. The van der Waals surface area contributed by atoms with Crippen LogP contribution in [-0.2, 0) is 0 Å². The zero-order chi connectivity index (χ0) is 9.23. The Morgan fingerprint density at radius 3 is 2.83 bits per heavy atom. The predicted octanol–water partition coefficient (Wildman–Crippen LogP) is 1.39. The summed E-state index contributed by atoms with van der Waals surface area (Å²) in [5.41, 5.74) is 0. The summed E-state index contributed by atoms with van der Waals surface area (Å²) >= 11 is 1.68. The maximum atomic E-state index is 8.62. The van der Waals surface area contributed by atoms with Crippen LogP contribution in [0.4, 0.5) is 0 Å². The number of rotatable bonds is 6. The second-order valence-corrected chi connectivity index (χ2v) is 3.48. The molecule has 0 aromatic rings. The van der Waals surface area contributed by atoms with E-state index in [1.54, 1.807) is 11.8 Å². The van der Waals surface area contributed by atoms with Gasteiger partial charge in [0.15, 0.2) is 0 Å². The van der Waals surface area contributed by atoms with Crippen molar-refractivity contribution in [1.82, 2.24) is 5.32 Å². The monoisotopic (exact) mass is 187 g/mol. The molecule has 0 saturated heterocycles. The molecule has 0 heterocycles. The number of allylic oxidation sites excluding steroid dienone is 3. The van der Waals surface area contributed by atoms with Crippen molar-refractivity contribution in [2.45, 2.75) is 6.92 Å². The van der Waals surface area contributed by atoms with Gasteiger partial charge in [0.2, 0.25) is 0 Å². The van der Waals surface area contributed by atoms with E-state index in [-0.39, 0.29) is 6.61 Å². The van der Waals surface area contributed by atoms with Gasteiger partial charge in [-0.3, -0.25) is 0 Å². The Hall–Kier alpha value is -0.250. The first-order valence-corrected chi connectivity index (χ1v) is 5.03. The molecule has 0 saturated carbocycles. The lowest BCUT2D eigenvalue weighted by Gasteiger charge is -2.03. The molecule has 0 amide bonds. The van der Waals surface area contributed by atoms with E-state index in [1.165, 1.54) is 4.91 Å². The lowest BCUT2D eigenvalue weighted by molar-refractivity contribution is 0.322.